The van der Waals surface area contributed by atoms with Crippen LogP contribution in [-0.2, 0) is 0 Å². The van der Waals surface area contributed by atoms with Crippen LogP contribution in [0.5, 0.6) is 0 Å². The van der Waals surface area contributed by atoms with Crippen LogP contribution in [0.4, 0.5) is 0 Å². The molecule has 2 aromatic heterocycles. The van der Waals surface area contributed by atoms with E-state index in [1.165, 1.54) is 0 Å². The molecule has 3 heterocycles. The Morgan fingerprint density at radius 2 is 1.95 bits per heavy atom. The molecule has 4 heteroatoms. The second kappa shape index (κ2) is 5.45. The Morgan fingerprint density at radius 3 is 2.68 bits per heavy atom. The average Bonchev–Trinajstić information content (AvgIpc) is 2.48. The van der Waals surface area contributed by atoms with Gasteiger partial charge in [0.2, 0.25) is 0 Å². The fraction of sp³-hybridized carbons (Fsp3) is 0.400. The van der Waals surface area contributed by atoms with Crippen LogP contribution in [0.25, 0.3) is 11.4 Å². The van der Waals surface area contributed by atoms with Crippen molar-refractivity contribution >= 4 is 0 Å². The molecule has 0 saturated carbocycles. The third kappa shape index (κ3) is 2.79. The minimum Gasteiger partial charge on any atom is -0.317 e. The zero-order valence-corrected chi connectivity index (χ0v) is 11.1. The van der Waals surface area contributed by atoms with Crippen LogP contribution < -0.4 is 5.32 Å². The number of aromatic nitrogens is 3. The highest BCUT2D eigenvalue weighted by molar-refractivity contribution is 5.53. The lowest BCUT2D eigenvalue weighted by Gasteiger charge is -2.21. The predicted octanol–water partition coefficient (Wildman–Crippen LogP) is 2.31. The second-order valence-electron chi connectivity index (χ2n) is 4.99. The van der Waals surface area contributed by atoms with Gasteiger partial charge in [-0.15, -0.1) is 0 Å². The molecule has 1 N–H and O–H groups in total. The summed E-state index contributed by atoms with van der Waals surface area (Å²) < 4.78 is 0. The van der Waals surface area contributed by atoms with Crippen LogP contribution in [0.15, 0.2) is 30.5 Å². The van der Waals surface area contributed by atoms with Crippen LogP contribution in [0.2, 0.25) is 0 Å². The summed E-state index contributed by atoms with van der Waals surface area (Å²) in [5.41, 5.74) is 2.87. The number of hydrogen-bond donors (Lipinski definition) is 1. The first-order valence-electron chi connectivity index (χ1n) is 6.80. The van der Waals surface area contributed by atoms with Gasteiger partial charge in [0.1, 0.15) is 5.82 Å². The first-order chi connectivity index (χ1) is 9.33. The Balaban J connectivity index is 1.96. The number of nitrogens with zero attached hydrogens (tertiary/aromatic N) is 3. The molecular formula is C15H18N4. The maximum absolute atomic E-state index is 4.73. The molecule has 1 saturated heterocycles. The Bertz CT molecular complexity index is 547. The van der Waals surface area contributed by atoms with E-state index >= 15 is 0 Å². The monoisotopic (exact) mass is 254 g/mol. The number of hydrogen-bond acceptors (Lipinski definition) is 4. The van der Waals surface area contributed by atoms with E-state index in [0.29, 0.717) is 5.92 Å². The van der Waals surface area contributed by atoms with Gasteiger partial charge in [0.15, 0.2) is 0 Å². The topological polar surface area (TPSA) is 50.7 Å². The molecule has 2 aromatic rings. The molecule has 0 aromatic carbocycles. The van der Waals surface area contributed by atoms with Crippen molar-refractivity contribution in [3.8, 4) is 11.4 Å². The first-order valence-corrected chi connectivity index (χ1v) is 6.80. The van der Waals surface area contributed by atoms with Crippen LogP contribution in [0.3, 0.4) is 0 Å². The summed E-state index contributed by atoms with van der Waals surface area (Å²) in [6, 6.07) is 7.91. The molecule has 98 valence electrons. The minimum absolute atomic E-state index is 0.476. The molecule has 0 aliphatic carbocycles. The average molecular weight is 254 g/mol. The number of pyridine rings is 1. The molecule has 0 bridgehead atoms. The van der Waals surface area contributed by atoms with Gasteiger partial charge in [-0.05, 0) is 51.1 Å². The van der Waals surface area contributed by atoms with Gasteiger partial charge >= 0.3 is 0 Å². The largest absolute Gasteiger partial charge is 0.317 e. The van der Waals surface area contributed by atoms with Gasteiger partial charge in [-0.2, -0.15) is 0 Å². The lowest BCUT2D eigenvalue weighted by molar-refractivity contribution is 0.444. The summed E-state index contributed by atoms with van der Waals surface area (Å²) in [6.45, 7) is 4.14. The summed E-state index contributed by atoms with van der Waals surface area (Å²) >= 11 is 0. The number of aryl methyl sites for hydroxylation is 1. The molecule has 1 fully saturated rings. The maximum Gasteiger partial charge on any atom is 0.132 e. The van der Waals surface area contributed by atoms with Crippen molar-refractivity contribution in [1.82, 2.24) is 20.3 Å². The Hall–Kier alpha value is -1.81. The molecule has 0 atom stereocenters. The molecular weight excluding hydrogens is 236 g/mol. The van der Waals surface area contributed by atoms with Crippen molar-refractivity contribution in [3.05, 3.63) is 42.0 Å². The third-order valence-corrected chi connectivity index (χ3v) is 3.50. The Morgan fingerprint density at radius 1 is 1.11 bits per heavy atom. The van der Waals surface area contributed by atoms with E-state index in [9.17, 15) is 0 Å². The van der Waals surface area contributed by atoms with Crippen molar-refractivity contribution in [1.29, 1.82) is 0 Å². The van der Waals surface area contributed by atoms with Crippen LogP contribution in [-0.4, -0.2) is 28.0 Å². The molecule has 4 nitrogen and oxygen atoms in total. The number of piperidine rings is 1. The second-order valence-corrected chi connectivity index (χ2v) is 4.99. The predicted molar refractivity (Wildman–Crippen MR) is 74.8 cm³/mol. The van der Waals surface area contributed by atoms with E-state index < -0.39 is 0 Å². The molecule has 0 radical (unpaired) electrons. The lowest BCUT2D eigenvalue weighted by atomic mass is 9.97. The summed E-state index contributed by atoms with van der Waals surface area (Å²) in [5, 5.41) is 3.38. The summed E-state index contributed by atoms with van der Waals surface area (Å²) in [5.74, 6) is 1.45. The molecule has 0 amide bonds. The van der Waals surface area contributed by atoms with Gasteiger partial charge in [0.05, 0.1) is 11.4 Å². The fourth-order valence-corrected chi connectivity index (χ4v) is 2.50. The van der Waals surface area contributed by atoms with Crippen LogP contribution in [0, 0.1) is 6.92 Å². The van der Waals surface area contributed by atoms with Gasteiger partial charge in [-0.1, -0.05) is 6.07 Å². The highest BCUT2D eigenvalue weighted by atomic mass is 14.9. The zero-order chi connectivity index (χ0) is 13.1. The van der Waals surface area contributed by atoms with Gasteiger partial charge in [0, 0.05) is 17.8 Å². The van der Waals surface area contributed by atoms with Gasteiger partial charge in [-0.3, -0.25) is 4.98 Å². The molecule has 1 aliphatic rings. The van der Waals surface area contributed by atoms with Gasteiger partial charge in [-0.25, -0.2) is 9.97 Å². The summed E-state index contributed by atoms with van der Waals surface area (Å²) in [7, 11) is 0. The highest BCUT2D eigenvalue weighted by Gasteiger charge is 2.19. The van der Waals surface area contributed by atoms with Crippen molar-refractivity contribution in [3.63, 3.8) is 0 Å². The van der Waals surface area contributed by atoms with Crippen molar-refractivity contribution in [2.24, 2.45) is 0 Å². The van der Waals surface area contributed by atoms with E-state index in [1.807, 2.05) is 31.2 Å². The quantitative estimate of drug-likeness (QED) is 0.893. The lowest BCUT2D eigenvalue weighted by Crippen LogP contribution is -2.27. The molecule has 1 aliphatic heterocycles. The fourth-order valence-electron chi connectivity index (χ4n) is 2.50. The van der Waals surface area contributed by atoms with E-state index in [1.54, 1.807) is 6.20 Å². The third-order valence-electron chi connectivity index (χ3n) is 3.50. The molecule has 19 heavy (non-hydrogen) atoms. The Kier molecular flexibility index (Phi) is 3.51. The van der Waals surface area contributed by atoms with E-state index in [-0.39, 0.29) is 0 Å². The minimum atomic E-state index is 0.476. The molecule has 0 spiro atoms. The van der Waals surface area contributed by atoms with Crippen molar-refractivity contribution in [2.45, 2.75) is 25.7 Å². The molecule has 3 rings (SSSR count). The highest BCUT2D eigenvalue weighted by Crippen LogP contribution is 2.24. The summed E-state index contributed by atoms with van der Waals surface area (Å²) in [4.78, 5) is 13.7. The normalized spacial score (nSPS) is 16.5. The van der Waals surface area contributed by atoms with Gasteiger partial charge < -0.3 is 5.32 Å². The maximum atomic E-state index is 4.73. The number of nitrogens with one attached hydrogen (secondary N) is 1. The van der Waals surface area contributed by atoms with E-state index in [2.05, 4.69) is 15.3 Å². The standard InChI is InChI=1S/C15H18N4/c1-11-10-14(13-4-2-3-7-17-13)19-15(18-11)12-5-8-16-9-6-12/h2-4,7,10,12,16H,5-6,8-9H2,1H3. The van der Waals surface area contributed by atoms with E-state index in [0.717, 1.165) is 48.8 Å². The van der Waals surface area contributed by atoms with Crippen LogP contribution >= 0.6 is 0 Å². The first kappa shape index (κ1) is 12.2. The smallest absolute Gasteiger partial charge is 0.132 e. The van der Waals surface area contributed by atoms with E-state index in [4.69, 9.17) is 4.98 Å². The van der Waals surface area contributed by atoms with Crippen molar-refractivity contribution in [2.75, 3.05) is 13.1 Å². The summed E-state index contributed by atoms with van der Waals surface area (Å²) in [6.07, 6.45) is 4.03. The zero-order valence-electron chi connectivity index (χ0n) is 11.1. The Labute approximate surface area is 113 Å². The van der Waals surface area contributed by atoms with Gasteiger partial charge in [0.25, 0.3) is 0 Å². The van der Waals surface area contributed by atoms with Crippen molar-refractivity contribution < 1.29 is 0 Å². The molecule has 0 unspecified atom stereocenters. The number of rotatable bonds is 2. The SMILES string of the molecule is Cc1cc(-c2ccccn2)nc(C2CCNCC2)n1. The van der Waals surface area contributed by atoms with Crippen LogP contribution in [0.1, 0.15) is 30.3 Å².